The van der Waals surface area contributed by atoms with E-state index in [4.69, 9.17) is 13.9 Å². The SMILES string of the molecule is CC(C)(C)[Si](C)(C)OC[C@H]1O[C@@H](n2ccc(NC(=O)CCCCCNC(=O)OCc3ccccc3)nc2=O)C[C@@H]1O. The van der Waals surface area contributed by atoms with Crippen LogP contribution in [-0.4, -0.2) is 60.3 Å². The molecule has 0 saturated carbocycles. The van der Waals surface area contributed by atoms with E-state index in [-0.39, 0.29) is 42.8 Å². The van der Waals surface area contributed by atoms with E-state index in [0.717, 1.165) is 12.0 Å². The van der Waals surface area contributed by atoms with Gasteiger partial charge in [0.2, 0.25) is 5.91 Å². The number of aliphatic hydroxyl groups is 1. The predicted molar refractivity (Wildman–Crippen MR) is 158 cm³/mol. The number of alkyl carbamates (subject to hydrolysis) is 1. The number of unbranched alkanes of at least 4 members (excludes halogenated alkanes) is 2. The Morgan fingerprint density at radius 3 is 2.56 bits per heavy atom. The van der Waals surface area contributed by atoms with Crippen LogP contribution < -0.4 is 16.3 Å². The summed E-state index contributed by atoms with van der Waals surface area (Å²) in [5, 5.41) is 15.9. The van der Waals surface area contributed by atoms with Crippen molar-refractivity contribution >= 4 is 26.1 Å². The molecule has 11 nitrogen and oxygen atoms in total. The number of carbonyl (C=O) groups excluding carboxylic acids is 2. The maximum absolute atomic E-state index is 12.7. The van der Waals surface area contributed by atoms with Crippen LogP contribution in [0.2, 0.25) is 18.1 Å². The molecule has 1 saturated heterocycles. The van der Waals surface area contributed by atoms with Gasteiger partial charge >= 0.3 is 11.8 Å². The quantitative estimate of drug-likeness (QED) is 0.232. The molecular weight excluding hydrogens is 544 g/mol. The van der Waals surface area contributed by atoms with Crippen molar-refractivity contribution in [2.45, 2.75) is 96.1 Å². The van der Waals surface area contributed by atoms with Gasteiger partial charge in [0, 0.05) is 25.6 Å². The van der Waals surface area contributed by atoms with Crippen LogP contribution in [0.5, 0.6) is 0 Å². The van der Waals surface area contributed by atoms with Gasteiger partial charge in [0.1, 0.15) is 24.8 Å². The average Bonchev–Trinajstić information content (AvgIpc) is 3.28. The Morgan fingerprint density at radius 2 is 1.88 bits per heavy atom. The van der Waals surface area contributed by atoms with Crippen LogP contribution >= 0.6 is 0 Å². The molecule has 0 bridgehead atoms. The summed E-state index contributed by atoms with van der Waals surface area (Å²) in [6.45, 7) is 11.6. The van der Waals surface area contributed by atoms with Gasteiger partial charge in [-0.25, -0.2) is 9.59 Å². The highest BCUT2D eigenvalue weighted by molar-refractivity contribution is 6.74. The summed E-state index contributed by atoms with van der Waals surface area (Å²) in [6, 6.07) is 11.0. The first-order valence-corrected chi connectivity index (χ1v) is 17.1. The van der Waals surface area contributed by atoms with Gasteiger partial charge in [-0.3, -0.25) is 9.36 Å². The van der Waals surface area contributed by atoms with Gasteiger partial charge in [0.05, 0.1) is 12.7 Å². The van der Waals surface area contributed by atoms with Gasteiger partial charge < -0.3 is 29.6 Å². The van der Waals surface area contributed by atoms with E-state index in [2.05, 4.69) is 49.5 Å². The third-order valence-corrected chi connectivity index (χ3v) is 12.1. The first kappa shape index (κ1) is 32.5. The van der Waals surface area contributed by atoms with Crippen LogP contribution in [0, 0.1) is 0 Å². The standard InChI is InChI=1S/C29H44N4O7Si/c1-29(2,3)41(4,5)39-20-23-22(34)18-26(40-23)33-17-15-24(32-27(33)36)31-25(35)14-10-7-11-16-30-28(37)38-19-21-12-8-6-9-13-21/h6,8-9,12-13,15,17,22-23,26,34H,7,10-11,14,16,18-20H2,1-5H3,(H,30,37)(H,31,32,35,36)/t22-,23+,26+/m0/s1. The monoisotopic (exact) mass is 588 g/mol. The van der Waals surface area contributed by atoms with E-state index in [1.54, 1.807) is 6.07 Å². The second kappa shape index (κ2) is 14.7. The summed E-state index contributed by atoms with van der Waals surface area (Å²) in [5.74, 6) is -0.0873. The van der Waals surface area contributed by atoms with Crippen LogP contribution in [0.4, 0.5) is 10.6 Å². The molecule has 41 heavy (non-hydrogen) atoms. The van der Waals surface area contributed by atoms with Crippen molar-refractivity contribution < 1.29 is 28.6 Å². The highest BCUT2D eigenvalue weighted by Gasteiger charge is 2.41. The molecule has 0 spiro atoms. The van der Waals surface area contributed by atoms with Crippen LogP contribution in [-0.2, 0) is 25.3 Å². The molecule has 12 heteroatoms. The zero-order valence-electron chi connectivity index (χ0n) is 24.7. The summed E-state index contributed by atoms with van der Waals surface area (Å²) in [6.07, 6.45) is 1.67. The van der Waals surface area contributed by atoms with Crippen molar-refractivity contribution in [2.75, 3.05) is 18.5 Å². The molecule has 226 valence electrons. The number of rotatable bonds is 13. The molecular formula is C29H44N4O7Si. The van der Waals surface area contributed by atoms with E-state index in [9.17, 15) is 19.5 Å². The summed E-state index contributed by atoms with van der Waals surface area (Å²) in [7, 11) is -2.01. The second-order valence-electron chi connectivity index (χ2n) is 11.9. The number of ether oxygens (including phenoxy) is 2. The molecule has 1 aliphatic heterocycles. The second-order valence-corrected chi connectivity index (χ2v) is 16.7. The van der Waals surface area contributed by atoms with E-state index in [1.807, 2.05) is 30.3 Å². The summed E-state index contributed by atoms with van der Waals surface area (Å²) in [4.78, 5) is 40.7. The van der Waals surface area contributed by atoms with Gasteiger partial charge in [-0.1, -0.05) is 57.5 Å². The fraction of sp³-hybridized carbons (Fsp3) is 0.586. The summed E-state index contributed by atoms with van der Waals surface area (Å²) in [5.41, 5.74) is 0.346. The Balaban J connectivity index is 1.35. The fourth-order valence-corrected chi connectivity index (χ4v) is 5.02. The molecule has 1 aliphatic rings. The zero-order valence-corrected chi connectivity index (χ0v) is 25.7. The van der Waals surface area contributed by atoms with Crippen LogP contribution in [0.3, 0.4) is 0 Å². The Morgan fingerprint density at radius 1 is 1.15 bits per heavy atom. The van der Waals surface area contributed by atoms with Crippen molar-refractivity contribution in [3.8, 4) is 0 Å². The first-order valence-electron chi connectivity index (χ1n) is 14.2. The smallest absolute Gasteiger partial charge is 0.407 e. The van der Waals surface area contributed by atoms with Crippen molar-refractivity contribution in [3.63, 3.8) is 0 Å². The van der Waals surface area contributed by atoms with Gasteiger partial charge in [-0.05, 0) is 42.6 Å². The Hall–Kier alpha value is -3.06. The van der Waals surface area contributed by atoms with Crippen LogP contribution in [0.25, 0.3) is 0 Å². The van der Waals surface area contributed by atoms with Crippen molar-refractivity contribution in [1.29, 1.82) is 0 Å². The molecule has 3 rings (SSSR count). The molecule has 1 aromatic carbocycles. The maximum atomic E-state index is 12.7. The molecule has 1 aromatic heterocycles. The average molecular weight is 589 g/mol. The number of hydrogen-bond acceptors (Lipinski definition) is 8. The van der Waals surface area contributed by atoms with E-state index < -0.39 is 38.5 Å². The number of hydrogen-bond donors (Lipinski definition) is 3. The van der Waals surface area contributed by atoms with Crippen molar-refractivity contribution in [3.05, 3.63) is 58.6 Å². The van der Waals surface area contributed by atoms with E-state index in [0.29, 0.717) is 19.4 Å². The third-order valence-electron chi connectivity index (χ3n) is 7.59. The molecule has 2 aromatic rings. The van der Waals surface area contributed by atoms with E-state index >= 15 is 0 Å². The summed E-state index contributed by atoms with van der Waals surface area (Å²) >= 11 is 0. The molecule has 2 heterocycles. The van der Waals surface area contributed by atoms with Crippen molar-refractivity contribution in [1.82, 2.24) is 14.9 Å². The third kappa shape index (κ3) is 10.1. The highest BCUT2D eigenvalue weighted by atomic mass is 28.4. The Labute approximate surface area is 242 Å². The first-order chi connectivity index (χ1) is 19.4. The minimum Gasteiger partial charge on any atom is -0.445 e. The molecule has 0 aliphatic carbocycles. The lowest BCUT2D eigenvalue weighted by atomic mass is 10.2. The normalized spacial score (nSPS) is 19.1. The lowest BCUT2D eigenvalue weighted by Crippen LogP contribution is -2.43. The predicted octanol–water partition coefficient (Wildman–Crippen LogP) is 4.34. The van der Waals surface area contributed by atoms with Gasteiger partial charge in [0.15, 0.2) is 8.32 Å². The van der Waals surface area contributed by atoms with Gasteiger partial charge in [0.25, 0.3) is 0 Å². The lowest BCUT2D eigenvalue weighted by molar-refractivity contribution is -0.116. The molecule has 1 fully saturated rings. The number of benzene rings is 1. The van der Waals surface area contributed by atoms with Crippen LogP contribution in [0.1, 0.15) is 64.7 Å². The van der Waals surface area contributed by atoms with E-state index in [1.165, 1.54) is 10.8 Å². The lowest BCUT2D eigenvalue weighted by Gasteiger charge is -2.37. The number of amides is 2. The molecule has 2 amide bonds. The highest BCUT2D eigenvalue weighted by Crippen LogP contribution is 2.37. The maximum Gasteiger partial charge on any atom is 0.407 e. The van der Waals surface area contributed by atoms with Gasteiger partial charge in [-0.15, -0.1) is 0 Å². The van der Waals surface area contributed by atoms with Crippen LogP contribution in [0.15, 0.2) is 47.4 Å². The Bertz CT molecular complexity index is 1200. The van der Waals surface area contributed by atoms with Gasteiger partial charge in [-0.2, -0.15) is 4.98 Å². The molecule has 0 unspecified atom stereocenters. The number of aromatic nitrogens is 2. The Kier molecular flexibility index (Phi) is 11.6. The zero-order chi connectivity index (χ0) is 30.0. The molecule has 0 radical (unpaired) electrons. The number of nitrogens with one attached hydrogen (secondary N) is 2. The summed E-state index contributed by atoms with van der Waals surface area (Å²) < 4.78 is 18.6. The largest absolute Gasteiger partial charge is 0.445 e. The number of carbonyl (C=O) groups is 2. The number of aliphatic hydroxyl groups excluding tert-OH is 1. The topological polar surface area (TPSA) is 141 Å². The molecule has 3 N–H and O–H groups in total. The number of nitrogens with zero attached hydrogens (tertiary/aromatic N) is 2. The minimum absolute atomic E-state index is 0.0346. The van der Waals surface area contributed by atoms with Crippen molar-refractivity contribution in [2.24, 2.45) is 0 Å². The molecule has 3 atom stereocenters. The fourth-order valence-electron chi connectivity index (χ4n) is 4.00. The number of anilines is 1. The minimum atomic E-state index is -2.01.